The molecule has 0 aromatic carbocycles. The van der Waals surface area contributed by atoms with Gasteiger partial charge in [-0.1, -0.05) is 0 Å². The molecule has 0 aliphatic carbocycles. The van der Waals surface area contributed by atoms with Crippen molar-refractivity contribution in [3.05, 3.63) is 11.1 Å². The molecule has 2 aliphatic heterocycles. The van der Waals surface area contributed by atoms with Crippen LogP contribution in [0.1, 0.15) is 18.5 Å². The van der Waals surface area contributed by atoms with E-state index in [4.69, 9.17) is 0 Å². The Hall–Kier alpha value is -0.470. The fourth-order valence-electron chi connectivity index (χ4n) is 2.90. The Morgan fingerprint density at radius 3 is 2.33 bits per heavy atom. The Balaban J connectivity index is 1.56. The number of piperidine rings is 1. The molecule has 0 unspecified atom stereocenters. The topological polar surface area (TPSA) is 19.4 Å². The van der Waals surface area contributed by atoms with Crippen LogP contribution in [0.25, 0.3) is 0 Å². The molecule has 21 heavy (non-hydrogen) atoms. The maximum absolute atomic E-state index is 12.6. The zero-order chi connectivity index (χ0) is 14.9. The van der Waals surface area contributed by atoms with Gasteiger partial charge in [0, 0.05) is 49.1 Å². The van der Waals surface area contributed by atoms with Gasteiger partial charge >= 0.3 is 6.18 Å². The minimum atomic E-state index is -4.33. The molecular weight excluding hydrogens is 319 g/mol. The first-order chi connectivity index (χ1) is 10.0. The van der Waals surface area contributed by atoms with Crippen molar-refractivity contribution < 1.29 is 13.2 Å². The fraction of sp³-hybridized carbons (Fsp3) is 0.769. The van der Waals surface area contributed by atoms with Crippen molar-refractivity contribution in [1.82, 2.24) is 9.88 Å². The van der Waals surface area contributed by atoms with E-state index in [9.17, 15) is 13.2 Å². The number of rotatable bonds is 2. The van der Waals surface area contributed by atoms with Crippen LogP contribution in [0, 0.1) is 0 Å². The van der Waals surface area contributed by atoms with Gasteiger partial charge in [-0.2, -0.15) is 24.9 Å². The zero-order valence-corrected chi connectivity index (χ0v) is 13.2. The third kappa shape index (κ3) is 3.65. The molecule has 3 heterocycles. The predicted molar refractivity (Wildman–Crippen MR) is 81.2 cm³/mol. The summed E-state index contributed by atoms with van der Waals surface area (Å²) >= 11 is 3.10. The van der Waals surface area contributed by atoms with Crippen LogP contribution in [-0.4, -0.2) is 53.6 Å². The summed E-state index contributed by atoms with van der Waals surface area (Å²) in [6.45, 7) is 3.90. The van der Waals surface area contributed by atoms with Crippen LogP contribution in [-0.2, 0) is 6.18 Å². The molecule has 8 heteroatoms. The van der Waals surface area contributed by atoms with E-state index in [-0.39, 0.29) is 0 Å². The monoisotopic (exact) mass is 337 g/mol. The first-order valence-electron chi connectivity index (χ1n) is 7.13. The van der Waals surface area contributed by atoms with Gasteiger partial charge in [0.25, 0.3) is 0 Å². The van der Waals surface area contributed by atoms with Gasteiger partial charge in [0.2, 0.25) is 0 Å². The second-order valence-corrected chi connectivity index (χ2v) is 7.44. The third-order valence-electron chi connectivity index (χ3n) is 4.08. The number of halogens is 3. The van der Waals surface area contributed by atoms with Crippen LogP contribution in [0.2, 0.25) is 0 Å². The predicted octanol–water partition coefficient (Wildman–Crippen LogP) is 3.18. The molecule has 118 valence electrons. The van der Waals surface area contributed by atoms with Crippen molar-refractivity contribution in [3.8, 4) is 0 Å². The van der Waals surface area contributed by atoms with E-state index in [1.807, 2.05) is 16.7 Å². The first-order valence-corrected chi connectivity index (χ1v) is 9.17. The lowest BCUT2D eigenvalue weighted by atomic mass is 10.0. The van der Waals surface area contributed by atoms with E-state index in [0.717, 1.165) is 55.7 Å². The normalized spacial score (nSPS) is 22.7. The molecule has 1 aromatic heterocycles. The lowest BCUT2D eigenvalue weighted by Crippen LogP contribution is -2.47. The average Bonchev–Trinajstić information content (AvgIpc) is 2.98. The standard InChI is InChI=1S/C13H18F3N3S2/c14-13(15,16)11-9-21-12(17-11)19-3-1-10(2-4-19)18-5-7-20-8-6-18/h9-10H,1-8H2. The van der Waals surface area contributed by atoms with Gasteiger partial charge in [0.1, 0.15) is 0 Å². The van der Waals surface area contributed by atoms with Crippen molar-refractivity contribution in [3.63, 3.8) is 0 Å². The molecule has 1 aromatic rings. The minimum Gasteiger partial charge on any atom is -0.348 e. The number of nitrogens with zero attached hydrogens (tertiary/aromatic N) is 3. The molecule has 0 saturated carbocycles. The Morgan fingerprint density at radius 1 is 1.10 bits per heavy atom. The average molecular weight is 337 g/mol. The number of thioether (sulfide) groups is 1. The van der Waals surface area contributed by atoms with E-state index in [0.29, 0.717) is 11.2 Å². The molecule has 0 spiro atoms. The lowest BCUT2D eigenvalue weighted by molar-refractivity contribution is -0.140. The molecular formula is C13H18F3N3S2. The summed E-state index contributed by atoms with van der Waals surface area (Å²) in [5, 5.41) is 1.62. The van der Waals surface area contributed by atoms with Gasteiger partial charge in [-0.15, -0.1) is 11.3 Å². The Labute approximate surface area is 130 Å². The van der Waals surface area contributed by atoms with Crippen LogP contribution in [0.3, 0.4) is 0 Å². The summed E-state index contributed by atoms with van der Waals surface area (Å²) in [6, 6.07) is 0.587. The molecule has 0 N–H and O–H groups in total. The maximum Gasteiger partial charge on any atom is 0.434 e. The lowest BCUT2D eigenvalue weighted by Gasteiger charge is -2.40. The number of alkyl halides is 3. The summed E-state index contributed by atoms with van der Waals surface area (Å²) in [7, 11) is 0. The van der Waals surface area contributed by atoms with E-state index in [1.54, 1.807) is 0 Å². The third-order valence-corrected chi connectivity index (χ3v) is 5.92. The van der Waals surface area contributed by atoms with Gasteiger partial charge in [0.05, 0.1) is 0 Å². The zero-order valence-electron chi connectivity index (χ0n) is 11.6. The number of hydrogen-bond acceptors (Lipinski definition) is 5. The van der Waals surface area contributed by atoms with Gasteiger partial charge in [-0.25, -0.2) is 4.98 Å². The van der Waals surface area contributed by atoms with Gasteiger partial charge in [-0.05, 0) is 12.8 Å². The fourth-order valence-corrected chi connectivity index (χ4v) is 4.72. The highest BCUT2D eigenvalue weighted by atomic mass is 32.2. The van der Waals surface area contributed by atoms with Crippen LogP contribution in [0.15, 0.2) is 5.38 Å². The number of anilines is 1. The van der Waals surface area contributed by atoms with Crippen LogP contribution < -0.4 is 4.90 Å². The summed E-state index contributed by atoms with van der Waals surface area (Å²) in [4.78, 5) is 8.28. The molecule has 2 aliphatic rings. The molecule has 0 radical (unpaired) electrons. The highest BCUT2D eigenvalue weighted by molar-refractivity contribution is 7.99. The molecule has 3 rings (SSSR count). The Kier molecular flexibility index (Phi) is 4.66. The quantitative estimate of drug-likeness (QED) is 0.825. The van der Waals surface area contributed by atoms with Crippen LogP contribution in [0.4, 0.5) is 18.3 Å². The molecule has 2 fully saturated rings. The summed E-state index contributed by atoms with van der Waals surface area (Å²) in [5.41, 5.74) is -0.766. The van der Waals surface area contributed by atoms with E-state index in [1.165, 1.54) is 11.5 Å². The second kappa shape index (κ2) is 6.34. The smallest absolute Gasteiger partial charge is 0.348 e. The number of thiazole rings is 1. The highest BCUT2D eigenvalue weighted by Gasteiger charge is 2.35. The van der Waals surface area contributed by atoms with Gasteiger partial charge in [-0.3, -0.25) is 4.90 Å². The van der Waals surface area contributed by atoms with Crippen molar-refractivity contribution >= 4 is 28.2 Å². The maximum atomic E-state index is 12.6. The summed E-state index contributed by atoms with van der Waals surface area (Å²) < 4.78 is 37.8. The molecule has 2 saturated heterocycles. The van der Waals surface area contributed by atoms with E-state index < -0.39 is 11.9 Å². The Morgan fingerprint density at radius 2 is 1.76 bits per heavy atom. The van der Waals surface area contributed by atoms with Crippen LogP contribution in [0.5, 0.6) is 0 Å². The number of hydrogen-bond donors (Lipinski definition) is 0. The Bertz CT molecular complexity index is 463. The van der Waals surface area contributed by atoms with E-state index in [2.05, 4.69) is 9.88 Å². The van der Waals surface area contributed by atoms with Gasteiger partial charge in [0.15, 0.2) is 10.8 Å². The van der Waals surface area contributed by atoms with Crippen molar-refractivity contribution in [1.29, 1.82) is 0 Å². The second-order valence-electron chi connectivity index (χ2n) is 5.38. The van der Waals surface area contributed by atoms with E-state index >= 15 is 0 Å². The molecule has 0 atom stereocenters. The highest BCUT2D eigenvalue weighted by Crippen LogP contribution is 2.34. The van der Waals surface area contributed by atoms with Crippen molar-refractivity contribution in [2.45, 2.75) is 25.1 Å². The molecule has 3 nitrogen and oxygen atoms in total. The first kappa shape index (κ1) is 15.4. The van der Waals surface area contributed by atoms with Crippen molar-refractivity contribution in [2.24, 2.45) is 0 Å². The summed E-state index contributed by atoms with van der Waals surface area (Å²) in [6.07, 6.45) is -2.30. The number of aromatic nitrogens is 1. The van der Waals surface area contributed by atoms with Crippen LogP contribution >= 0.6 is 23.1 Å². The summed E-state index contributed by atoms with van der Waals surface area (Å²) in [5.74, 6) is 2.39. The molecule has 0 amide bonds. The largest absolute Gasteiger partial charge is 0.434 e. The van der Waals surface area contributed by atoms with Gasteiger partial charge < -0.3 is 4.90 Å². The minimum absolute atomic E-state index is 0.509. The molecule has 0 bridgehead atoms. The SMILES string of the molecule is FC(F)(F)c1csc(N2CCC(N3CCSCC3)CC2)n1. The van der Waals surface area contributed by atoms with Crippen molar-refractivity contribution in [2.75, 3.05) is 42.6 Å².